The van der Waals surface area contributed by atoms with Gasteiger partial charge in [0.15, 0.2) is 0 Å². The normalized spacial score (nSPS) is 10.9. The first kappa shape index (κ1) is 14.1. The predicted octanol–water partition coefficient (Wildman–Crippen LogP) is 2.81. The molecule has 0 bridgehead atoms. The molecule has 0 aliphatic rings. The van der Waals surface area contributed by atoms with Gasteiger partial charge in [-0.25, -0.2) is 9.37 Å². The van der Waals surface area contributed by atoms with Crippen molar-refractivity contribution in [2.75, 3.05) is 6.61 Å². The summed E-state index contributed by atoms with van der Waals surface area (Å²) in [6.45, 7) is 3.38. The zero-order valence-corrected chi connectivity index (χ0v) is 11.7. The third kappa shape index (κ3) is 3.83. The second-order valence-corrected chi connectivity index (χ2v) is 5.22. The number of thiazole rings is 1. The van der Waals surface area contributed by atoms with Gasteiger partial charge in [0.05, 0.1) is 24.4 Å². The molecule has 0 saturated carbocycles. The highest BCUT2D eigenvalue weighted by Gasteiger charge is 2.05. The average Bonchev–Trinajstić information content (AvgIpc) is 2.80. The maximum atomic E-state index is 13.2. The Morgan fingerprint density at radius 3 is 2.89 bits per heavy atom. The molecule has 5 heteroatoms. The van der Waals surface area contributed by atoms with Crippen LogP contribution in [0.15, 0.2) is 23.7 Å². The molecular weight excluding hydrogens is 263 g/mol. The molecule has 0 saturated heterocycles. The van der Waals surface area contributed by atoms with E-state index in [2.05, 4.69) is 4.98 Å². The van der Waals surface area contributed by atoms with Gasteiger partial charge in [-0.15, -0.1) is 11.3 Å². The topological polar surface area (TPSA) is 48.1 Å². The largest absolute Gasteiger partial charge is 0.376 e. The van der Waals surface area contributed by atoms with Crippen LogP contribution < -0.4 is 5.73 Å². The van der Waals surface area contributed by atoms with Crippen LogP contribution in [0.25, 0.3) is 0 Å². The molecule has 3 nitrogen and oxygen atoms in total. The van der Waals surface area contributed by atoms with E-state index < -0.39 is 0 Å². The molecule has 1 aromatic carbocycles. The van der Waals surface area contributed by atoms with E-state index >= 15 is 0 Å². The molecule has 0 aliphatic heterocycles. The van der Waals surface area contributed by atoms with E-state index in [1.165, 1.54) is 17.0 Å². The van der Waals surface area contributed by atoms with Gasteiger partial charge < -0.3 is 10.5 Å². The fraction of sp³-hybridized carbons (Fsp3) is 0.357. The molecule has 19 heavy (non-hydrogen) atoms. The highest BCUT2D eigenvalue weighted by atomic mass is 32.1. The molecule has 1 heterocycles. The van der Waals surface area contributed by atoms with Gasteiger partial charge in [0.1, 0.15) is 5.82 Å². The van der Waals surface area contributed by atoms with Crippen LogP contribution in [0, 0.1) is 12.7 Å². The maximum absolute atomic E-state index is 13.2. The van der Waals surface area contributed by atoms with E-state index in [-0.39, 0.29) is 5.82 Å². The molecule has 0 radical (unpaired) electrons. The Morgan fingerprint density at radius 1 is 1.37 bits per heavy atom. The zero-order valence-electron chi connectivity index (χ0n) is 10.9. The molecule has 0 spiro atoms. The Balaban J connectivity index is 1.86. The summed E-state index contributed by atoms with van der Waals surface area (Å²) in [5, 5.41) is 0. The first-order valence-electron chi connectivity index (χ1n) is 6.14. The monoisotopic (exact) mass is 280 g/mol. The molecule has 0 unspecified atom stereocenters. The second kappa shape index (κ2) is 6.75. The summed E-state index contributed by atoms with van der Waals surface area (Å²) in [6.07, 6.45) is 0.837. The van der Waals surface area contributed by atoms with Crippen molar-refractivity contribution in [2.24, 2.45) is 5.73 Å². The number of benzene rings is 1. The van der Waals surface area contributed by atoms with Crippen molar-refractivity contribution >= 4 is 11.3 Å². The standard InChI is InChI=1S/C14H17FN2OS/c1-10-14(19-9-17-10)4-5-18-8-12-6-13(15)3-2-11(12)7-16/h2-3,6,9H,4-5,7-8,16H2,1H3. The van der Waals surface area contributed by atoms with Gasteiger partial charge >= 0.3 is 0 Å². The SMILES string of the molecule is Cc1ncsc1CCOCc1cc(F)ccc1CN. The van der Waals surface area contributed by atoms with Crippen LogP contribution in [0.2, 0.25) is 0 Å². The second-order valence-electron chi connectivity index (χ2n) is 4.28. The Morgan fingerprint density at radius 2 is 2.21 bits per heavy atom. The third-order valence-electron chi connectivity index (χ3n) is 2.96. The van der Waals surface area contributed by atoms with E-state index in [0.717, 1.165) is 23.2 Å². The smallest absolute Gasteiger partial charge is 0.123 e. The van der Waals surface area contributed by atoms with Crippen LogP contribution in [0.5, 0.6) is 0 Å². The lowest BCUT2D eigenvalue weighted by Crippen LogP contribution is -2.05. The van der Waals surface area contributed by atoms with Crippen LogP contribution in [-0.4, -0.2) is 11.6 Å². The number of hydrogen-bond donors (Lipinski definition) is 1. The first-order valence-corrected chi connectivity index (χ1v) is 7.02. The number of nitrogens with zero attached hydrogens (tertiary/aromatic N) is 1. The fourth-order valence-electron chi connectivity index (χ4n) is 1.84. The zero-order chi connectivity index (χ0) is 13.7. The molecule has 2 rings (SSSR count). The van der Waals surface area contributed by atoms with Gasteiger partial charge in [-0.05, 0) is 30.2 Å². The maximum Gasteiger partial charge on any atom is 0.123 e. The summed E-state index contributed by atoms with van der Waals surface area (Å²) in [6, 6.07) is 4.62. The number of aryl methyl sites for hydroxylation is 1. The summed E-state index contributed by atoms with van der Waals surface area (Å²) in [7, 11) is 0. The molecule has 2 N–H and O–H groups in total. The molecule has 0 atom stereocenters. The van der Waals surface area contributed by atoms with E-state index in [0.29, 0.717) is 19.8 Å². The highest BCUT2D eigenvalue weighted by molar-refractivity contribution is 7.09. The Labute approximate surface area is 116 Å². The molecule has 1 aromatic heterocycles. The first-order chi connectivity index (χ1) is 9.20. The quantitative estimate of drug-likeness (QED) is 0.828. The summed E-state index contributed by atoms with van der Waals surface area (Å²) in [5.74, 6) is -0.255. The number of rotatable bonds is 6. The third-order valence-corrected chi connectivity index (χ3v) is 3.96. The molecule has 0 amide bonds. The van der Waals surface area contributed by atoms with Gasteiger partial charge in [-0.2, -0.15) is 0 Å². The lowest BCUT2D eigenvalue weighted by atomic mass is 10.1. The van der Waals surface area contributed by atoms with Crippen LogP contribution in [0.1, 0.15) is 21.7 Å². The average molecular weight is 280 g/mol. The minimum atomic E-state index is -0.255. The lowest BCUT2D eigenvalue weighted by molar-refractivity contribution is 0.123. The number of halogens is 1. The van der Waals surface area contributed by atoms with Gasteiger partial charge in [-0.3, -0.25) is 0 Å². The molecule has 0 fully saturated rings. The summed E-state index contributed by atoms with van der Waals surface area (Å²) >= 11 is 1.63. The summed E-state index contributed by atoms with van der Waals surface area (Å²) in [4.78, 5) is 5.42. The number of hydrogen-bond acceptors (Lipinski definition) is 4. The molecule has 2 aromatic rings. The van der Waals surface area contributed by atoms with Crippen molar-refractivity contribution in [3.05, 3.63) is 51.2 Å². The number of aromatic nitrogens is 1. The van der Waals surface area contributed by atoms with Crippen molar-refractivity contribution in [3.8, 4) is 0 Å². The molecule has 0 aliphatic carbocycles. The number of ether oxygens (including phenoxy) is 1. The van der Waals surface area contributed by atoms with Crippen molar-refractivity contribution in [3.63, 3.8) is 0 Å². The highest BCUT2D eigenvalue weighted by Crippen LogP contribution is 2.15. The van der Waals surface area contributed by atoms with E-state index in [1.54, 1.807) is 17.4 Å². The Kier molecular flexibility index (Phi) is 5.01. The van der Waals surface area contributed by atoms with Crippen LogP contribution >= 0.6 is 11.3 Å². The Hall–Kier alpha value is -1.30. The lowest BCUT2D eigenvalue weighted by Gasteiger charge is -2.08. The minimum Gasteiger partial charge on any atom is -0.376 e. The summed E-state index contributed by atoms with van der Waals surface area (Å²) < 4.78 is 18.8. The Bertz CT molecular complexity index is 542. The molecule has 102 valence electrons. The van der Waals surface area contributed by atoms with Crippen molar-refractivity contribution in [2.45, 2.75) is 26.5 Å². The predicted molar refractivity (Wildman–Crippen MR) is 74.5 cm³/mol. The van der Waals surface area contributed by atoms with Gasteiger partial charge in [-0.1, -0.05) is 6.07 Å². The van der Waals surface area contributed by atoms with Crippen LogP contribution in [0.3, 0.4) is 0 Å². The van der Waals surface area contributed by atoms with Crippen molar-refractivity contribution in [1.29, 1.82) is 0 Å². The fourth-order valence-corrected chi connectivity index (χ4v) is 2.60. The van der Waals surface area contributed by atoms with E-state index in [4.69, 9.17) is 10.5 Å². The van der Waals surface area contributed by atoms with Crippen LogP contribution in [0.4, 0.5) is 4.39 Å². The number of nitrogens with two attached hydrogens (primary N) is 1. The minimum absolute atomic E-state index is 0.255. The molecular formula is C14H17FN2OS. The summed E-state index contributed by atoms with van der Waals surface area (Å²) in [5.41, 5.74) is 10.3. The van der Waals surface area contributed by atoms with E-state index in [1.807, 2.05) is 12.4 Å². The van der Waals surface area contributed by atoms with E-state index in [9.17, 15) is 4.39 Å². The van der Waals surface area contributed by atoms with Gasteiger partial charge in [0, 0.05) is 17.8 Å². The van der Waals surface area contributed by atoms with Gasteiger partial charge in [0.2, 0.25) is 0 Å². The van der Waals surface area contributed by atoms with Crippen molar-refractivity contribution in [1.82, 2.24) is 4.98 Å². The van der Waals surface area contributed by atoms with Crippen LogP contribution in [-0.2, 0) is 24.3 Å². The van der Waals surface area contributed by atoms with Crippen molar-refractivity contribution < 1.29 is 9.13 Å². The van der Waals surface area contributed by atoms with Gasteiger partial charge in [0.25, 0.3) is 0 Å².